The molecule has 13 atom stereocenters. The SMILES string of the molecule is CC(C)C[C@H](NC(=O)CNC(=O)CNC(=O)[C@H](Cc1ccccc1)NC(=O)[C@H](Cc1cnc[nH]1)NC(=O)CNC(=O)[C@@H](NC(=O)[C@H](CS)NC(=O)[C@H](Cc1ccccc1)NC(=O)[C@H](CCCNC(=N)N)NC(=O)[C@@H](N)CCC(N)=O)[C@@H](C)O)C(=O)N[C@@H](Cc1ccc(O)cc1)C(=O)N1CCC[C@H]1C(=O)N[C@@H](CS)C(=O)N[C@@H](CC(N)=O)C(N)=O. The van der Waals surface area contributed by atoms with Crippen molar-refractivity contribution >= 4 is 132 Å². The van der Waals surface area contributed by atoms with Gasteiger partial charge in [-0.05, 0) is 80.2 Å². The predicted molar refractivity (Wildman–Crippen MR) is 435 cm³/mol. The number of nitrogens with zero attached hydrogens (tertiary/aromatic N) is 2. The number of benzene rings is 3. The van der Waals surface area contributed by atoms with Gasteiger partial charge >= 0.3 is 0 Å². The van der Waals surface area contributed by atoms with Gasteiger partial charge in [0.25, 0.3) is 0 Å². The van der Waals surface area contributed by atoms with Crippen LogP contribution in [0.1, 0.15) is 94.5 Å². The Hall–Kier alpha value is -12.4. The maximum absolute atomic E-state index is 14.6. The number of imidazole rings is 1. The van der Waals surface area contributed by atoms with Crippen LogP contribution in [0.4, 0.5) is 0 Å². The summed E-state index contributed by atoms with van der Waals surface area (Å²) in [6.07, 6.45) is -0.336. The fraction of sp³-hybridized carbons (Fsp3) is 0.480. The molecule has 0 bridgehead atoms. The summed E-state index contributed by atoms with van der Waals surface area (Å²) in [5, 5.41) is 63.2. The van der Waals surface area contributed by atoms with E-state index in [1.165, 1.54) is 41.7 Å². The molecule has 648 valence electrons. The Morgan fingerprint density at radius 1 is 0.521 bits per heavy atom. The molecule has 0 aliphatic carbocycles. The van der Waals surface area contributed by atoms with E-state index in [4.69, 9.17) is 34.1 Å². The fourth-order valence-electron chi connectivity index (χ4n) is 12.1. The summed E-state index contributed by atoms with van der Waals surface area (Å²) in [6.45, 7) is 2.36. The number of aliphatic hydroxyl groups excluding tert-OH is 1. The third-order valence-electron chi connectivity index (χ3n) is 18.4. The molecular weight excluding hydrogens is 1590 g/mol. The van der Waals surface area contributed by atoms with E-state index in [-0.39, 0.29) is 101 Å². The van der Waals surface area contributed by atoms with Gasteiger partial charge in [-0.3, -0.25) is 86.9 Å². The Labute approximate surface area is 695 Å². The van der Waals surface area contributed by atoms with Crippen molar-refractivity contribution in [1.82, 2.24) is 89.3 Å². The van der Waals surface area contributed by atoms with Gasteiger partial charge in [-0.2, -0.15) is 25.3 Å². The number of nitrogens with two attached hydrogens (primary N) is 5. The molecule has 1 aliphatic rings. The second-order valence-corrected chi connectivity index (χ2v) is 29.2. The number of carbonyl (C=O) groups is 17. The van der Waals surface area contributed by atoms with E-state index in [1.807, 2.05) is 0 Å². The number of H-pyrrole nitrogens is 1. The number of carbonyl (C=O) groups excluding carboxylic acids is 17. The summed E-state index contributed by atoms with van der Waals surface area (Å²) in [5.74, 6) is -17.0. The number of guanidine groups is 1. The van der Waals surface area contributed by atoms with Gasteiger partial charge in [0.2, 0.25) is 100 Å². The van der Waals surface area contributed by atoms with Gasteiger partial charge in [0.1, 0.15) is 72.2 Å². The number of aliphatic hydroxyl groups is 1. The highest BCUT2D eigenvalue weighted by Crippen LogP contribution is 2.22. The number of primary amides is 3. The van der Waals surface area contributed by atoms with Crippen molar-refractivity contribution in [2.45, 2.75) is 176 Å². The van der Waals surface area contributed by atoms with Crippen LogP contribution in [0.15, 0.2) is 97.5 Å². The Bertz CT molecular complexity index is 4170. The first-order valence-electron chi connectivity index (χ1n) is 38.0. The second kappa shape index (κ2) is 49.6. The van der Waals surface area contributed by atoms with Crippen LogP contribution in [0, 0.1) is 11.3 Å². The van der Waals surface area contributed by atoms with Crippen molar-refractivity contribution in [1.29, 1.82) is 5.41 Å². The Kier molecular flexibility index (Phi) is 40.5. The van der Waals surface area contributed by atoms with Crippen LogP contribution in [-0.4, -0.2) is 254 Å². The Balaban J connectivity index is 1.23. The van der Waals surface area contributed by atoms with Gasteiger partial charge in [0.15, 0.2) is 5.96 Å². The zero-order chi connectivity index (χ0) is 88.0. The van der Waals surface area contributed by atoms with Crippen molar-refractivity contribution in [2.75, 3.05) is 44.2 Å². The first-order valence-corrected chi connectivity index (χ1v) is 39.3. The number of hydrogen-bond donors (Lipinski definition) is 25. The minimum absolute atomic E-state index is 0.000241. The lowest BCUT2D eigenvalue weighted by Gasteiger charge is -2.31. The van der Waals surface area contributed by atoms with Crippen LogP contribution < -0.4 is 103 Å². The van der Waals surface area contributed by atoms with Crippen LogP contribution in [0.3, 0.4) is 0 Å². The van der Waals surface area contributed by atoms with E-state index in [2.05, 4.69) is 110 Å². The van der Waals surface area contributed by atoms with Gasteiger partial charge in [-0.1, -0.05) is 86.6 Å². The van der Waals surface area contributed by atoms with Gasteiger partial charge in [0.05, 0.1) is 44.5 Å². The molecule has 1 fully saturated rings. The third-order valence-corrected chi connectivity index (χ3v) is 19.1. The first-order chi connectivity index (χ1) is 56.4. The quantitative estimate of drug-likeness (QED) is 0.00845. The summed E-state index contributed by atoms with van der Waals surface area (Å²) >= 11 is 8.42. The summed E-state index contributed by atoms with van der Waals surface area (Å²) < 4.78 is 0. The van der Waals surface area contributed by atoms with Crippen molar-refractivity contribution in [2.24, 2.45) is 34.6 Å². The molecule has 5 rings (SSSR count). The van der Waals surface area contributed by atoms with E-state index >= 15 is 0 Å². The van der Waals surface area contributed by atoms with Gasteiger partial charge in [-0.25, -0.2) is 4.98 Å². The lowest BCUT2D eigenvalue weighted by molar-refractivity contribution is -0.142. The van der Waals surface area contributed by atoms with Crippen molar-refractivity contribution in [3.05, 3.63) is 120 Å². The fourth-order valence-corrected chi connectivity index (χ4v) is 12.6. The maximum atomic E-state index is 14.6. The largest absolute Gasteiger partial charge is 0.508 e. The predicted octanol–water partition coefficient (Wildman–Crippen LogP) is -7.92. The lowest BCUT2D eigenvalue weighted by atomic mass is 10.0. The molecule has 44 heteroatoms. The van der Waals surface area contributed by atoms with E-state index in [0.717, 1.165) is 6.92 Å². The summed E-state index contributed by atoms with van der Waals surface area (Å²) in [6, 6.07) is 5.13. The number of phenols is 1. The number of hydrogen-bond acceptors (Lipinski definition) is 24. The van der Waals surface area contributed by atoms with Crippen LogP contribution >= 0.6 is 25.3 Å². The zero-order valence-electron chi connectivity index (χ0n) is 65.8. The van der Waals surface area contributed by atoms with Crippen molar-refractivity contribution in [3.8, 4) is 5.75 Å². The molecule has 28 N–H and O–H groups in total. The average Bonchev–Trinajstić information content (AvgIpc) is 1.74. The van der Waals surface area contributed by atoms with Crippen LogP contribution in [0.5, 0.6) is 5.75 Å². The normalized spacial score (nSPS) is 15.3. The summed E-state index contributed by atoms with van der Waals surface area (Å²) in [5.41, 5.74) is 29.0. The molecule has 2 heterocycles. The standard InChI is InChI=1S/C75H107N23O19S2/c1-39(2)26-49(67(110)94-53(29-43-18-20-45(100)21-19-43)74(117)98-25-11-17-56(98)72(115)96-54(36-118)70(113)91-48(63(79)106)31-58(78)102)88-60(104)34-84-59(103)33-85-65(108)50(27-41-12-6-4-7-13-41)92-69(112)52(30-44-32-82-38-87-44)89-61(105)35-86-73(116)62(40(3)99)97-71(114)55(37-119)95-68(111)51(28-42-14-8-5-9-15-42)93-66(109)47(16-10-24-83-75(80)81)90-64(107)46(76)22-23-57(77)101/h4-9,12-15,18-21,32,38-40,46-56,62,99-100,118-119H,10-11,16-17,22-31,33-37,76H2,1-3H3,(H2,77,101)(H2,78,102)(H2,79,106)(H,82,87)(H,84,103)(H,85,108)(H,86,116)(H,88,104)(H,89,105)(H,90,107)(H,91,113)(H,92,112)(H,93,109)(H,94,110)(H,95,111)(H,96,115)(H,97,114)(H4,80,81,83)/t40-,46+,47+,48+,49+,50+,51+,52+,53+,54+,55+,56+,62+/m1/s1. The molecule has 42 nitrogen and oxygen atoms in total. The lowest BCUT2D eigenvalue weighted by Crippen LogP contribution is -2.61. The molecule has 0 spiro atoms. The molecule has 1 saturated heterocycles. The topological polar surface area (TPSA) is 685 Å². The van der Waals surface area contributed by atoms with E-state index in [9.17, 15) is 91.7 Å². The number of amides is 17. The summed E-state index contributed by atoms with van der Waals surface area (Å²) in [7, 11) is 0. The highest BCUT2D eigenvalue weighted by Gasteiger charge is 2.41. The van der Waals surface area contributed by atoms with Gasteiger partial charge in [-0.15, -0.1) is 0 Å². The number of aromatic amines is 1. The molecule has 119 heavy (non-hydrogen) atoms. The Morgan fingerprint density at radius 2 is 1.00 bits per heavy atom. The van der Waals surface area contributed by atoms with Crippen LogP contribution in [0.25, 0.3) is 0 Å². The molecular formula is C75H107N23O19S2. The smallest absolute Gasteiger partial charge is 0.246 e. The molecule has 1 aromatic heterocycles. The van der Waals surface area contributed by atoms with Gasteiger partial charge < -0.3 is 123 Å². The highest BCUT2D eigenvalue weighted by molar-refractivity contribution is 7.80. The number of phenolic OH excluding ortho intramolecular Hbond substituents is 1. The number of likely N-dealkylation sites (tertiary alicyclic amines) is 1. The molecule has 17 amide bonds. The number of nitrogens with one attached hydrogen (secondary N) is 16. The monoisotopic (exact) mass is 1700 g/mol. The van der Waals surface area contributed by atoms with Crippen LogP contribution in [0.2, 0.25) is 0 Å². The number of aromatic nitrogens is 2. The third kappa shape index (κ3) is 34.3. The molecule has 4 aromatic rings. The zero-order valence-corrected chi connectivity index (χ0v) is 67.6. The van der Waals surface area contributed by atoms with Crippen molar-refractivity contribution in [3.63, 3.8) is 0 Å². The Morgan fingerprint density at radius 3 is 1.55 bits per heavy atom. The number of rotatable bonds is 50. The van der Waals surface area contributed by atoms with Gasteiger partial charge in [0, 0.05) is 68.6 Å². The summed E-state index contributed by atoms with van der Waals surface area (Å²) in [4.78, 5) is 238. The minimum atomic E-state index is -1.81. The number of thiol groups is 2. The molecule has 0 radical (unpaired) electrons. The minimum Gasteiger partial charge on any atom is -0.508 e. The molecule has 0 unspecified atom stereocenters. The van der Waals surface area contributed by atoms with E-state index in [1.54, 1.807) is 74.5 Å². The molecule has 1 aliphatic heterocycles. The second-order valence-electron chi connectivity index (χ2n) is 28.5. The highest BCUT2D eigenvalue weighted by atomic mass is 32.1. The number of aromatic hydroxyl groups is 1. The average molecular weight is 1700 g/mol. The van der Waals surface area contributed by atoms with E-state index < -0.39 is 211 Å². The maximum Gasteiger partial charge on any atom is 0.246 e. The van der Waals surface area contributed by atoms with Crippen molar-refractivity contribution < 1.29 is 91.7 Å². The molecule has 3 aromatic carbocycles. The van der Waals surface area contributed by atoms with Crippen LogP contribution in [-0.2, 0) is 107 Å². The van der Waals surface area contributed by atoms with E-state index in [0.29, 0.717) is 28.8 Å². The molecule has 0 saturated carbocycles. The first kappa shape index (κ1) is 97.1.